The molecule has 9 nitrogen and oxygen atoms in total. The smallest absolute Gasteiger partial charge is 0.291 e. The van der Waals surface area contributed by atoms with Gasteiger partial charge in [0.2, 0.25) is 5.82 Å². The Balaban J connectivity index is 1.36. The number of carbonyl (C=O) groups excluding carboxylic acids is 2. The van der Waals surface area contributed by atoms with Crippen LogP contribution >= 0.6 is 0 Å². The second-order valence-corrected chi connectivity index (χ2v) is 7.74. The van der Waals surface area contributed by atoms with Crippen molar-refractivity contribution in [2.45, 2.75) is 44.3 Å². The van der Waals surface area contributed by atoms with Crippen molar-refractivity contribution in [2.24, 2.45) is 0 Å². The first-order valence-electron chi connectivity index (χ1n) is 10.2. The van der Waals surface area contributed by atoms with Crippen LogP contribution in [0.25, 0.3) is 0 Å². The monoisotopic (exact) mass is 405 g/mol. The highest BCUT2D eigenvalue weighted by molar-refractivity contribution is 6.00. The van der Waals surface area contributed by atoms with Gasteiger partial charge < -0.3 is 5.32 Å². The van der Waals surface area contributed by atoms with Gasteiger partial charge in [-0.25, -0.2) is 14.3 Å². The Morgan fingerprint density at radius 3 is 2.83 bits per heavy atom. The van der Waals surface area contributed by atoms with E-state index in [0.717, 1.165) is 36.5 Å². The van der Waals surface area contributed by atoms with Gasteiger partial charge in [0.25, 0.3) is 11.8 Å². The van der Waals surface area contributed by atoms with Crippen molar-refractivity contribution < 1.29 is 9.59 Å². The fourth-order valence-electron chi connectivity index (χ4n) is 4.29. The molecule has 2 amide bonds. The number of rotatable bonds is 3. The van der Waals surface area contributed by atoms with Crippen molar-refractivity contribution in [3.05, 3.63) is 59.8 Å². The highest BCUT2D eigenvalue weighted by Crippen LogP contribution is 2.29. The molecular formula is C21H23N7O2. The van der Waals surface area contributed by atoms with Crippen LogP contribution in [0.1, 0.15) is 47.3 Å². The van der Waals surface area contributed by atoms with Crippen LogP contribution in [0.5, 0.6) is 0 Å². The zero-order chi connectivity index (χ0) is 20.7. The Labute approximate surface area is 173 Å². The number of carbonyl (C=O) groups is 2. The number of aromatic nitrogens is 5. The van der Waals surface area contributed by atoms with E-state index in [9.17, 15) is 9.59 Å². The number of benzene rings is 1. The van der Waals surface area contributed by atoms with Gasteiger partial charge in [0.15, 0.2) is 0 Å². The molecule has 0 radical (unpaired) electrons. The standard InChI is InChI=1S/C21H23N7O2/c1-26-18-10-12-22-27(18)13-11-15(21(26)30)23-20(29)19-24-17-9-5-8-16(28(17)25-19)14-6-3-2-4-7-14/h2-4,6-7,10,12,15-16H,5,8-9,11,13H2,1H3,(H,23,29)/t15-,16-/m0/s1. The normalized spacial score (nSPS) is 21.0. The largest absolute Gasteiger partial charge is 0.337 e. The van der Waals surface area contributed by atoms with E-state index in [2.05, 4.69) is 32.6 Å². The molecule has 0 saturated carbocycles. The van der Waals surface area contributed by atoms with Crippen LogP contribution in [-0.4, -0.2) is 49.4 Å². The lowest BCUT2D eigenvalue weighted by Gasteiger charge is -2.23. The SMILES string of the molecule is CN1C(=O)[C@@H](NC(=O)c2nc3n(n2)[C@H](c2ccccc2)CCC3)CCn2nccc21. The summed E-state index contributed by atoms with van der Waals surface area (Å²) < 4.78 is 3.63. The van der Waals surface area contributed by atoms with Gasteiger partial charge in [0.05, 0.1) is 12.2 Å². The van der Waals surface area contributed by atoms with Crippen molar-refractivity contribution >= 4 is 17.6 Å². The minimum Gasteiger partial charge on any atom is -0.337 e. The highest BCUT2D eigenvalue weighted by atomic mass is 16.2. The maximum Gasteiger partial charge on any atom is 0.291 e. The van der Waals surface area contributed by atoms with Gasteiger partial charge >= 0.3 is 0 Å². The van der Waals surface area contributed by atoms with Gasteiger partial charge in [-0.2, -0.15) is 5.10 Å². The topological polar surface area (TPSA) is 97.9 Å². The summed E-state index contributed by atoms with van der Waals surface area (Å²) >= 11 is 0. The van der Waals surface area contributed by atoms with Crippen LogP contribution in [0.2, 0.25) is 0 Å². The maximum absolute atomic E-state index is 12.9. The molecule has 2 atom stereocenters. The van der Waals surface area contributed by atoms with Crippen LogP contribution in [0, 0.1) is 0 Å². The molecule has 1 aromatic carbocycles. The molecule has 0 saturated heterocycles. The van der Waals surface area contributed by atoms with Crippen LogP contribution in [0.15, 0.2) is 42.6 Å². The molecule has 3 aromatic rings. The number of likely N-dealkylation sites (N-methyl/N-ethyl adjacent to an activating group) is 1. The molecule has 0 aliphatic carbocycles. The molecule has 154 valence electrons. The molecule has 0 fully saturated rings. The fraction of sp³-hybridized carbons (Fsp3) is 0.381. The van der Waals surface area contributed by atoms with E-state index in [1.165, 1.54) is 4.90 Å². The quantitative estimate of drug-likeness (QED) is 0.713. The summed E-state index contributed by atoms with van der Waals surface area (Å²) in [5.74, 6) is 1.05. The van der Waals surface area contributed by atoms with Crippen LogP contribution in [0.3, 0.4) is 0 Å². The van der Waals surface area contributed by atoms with Crippen molar-refractivity contribution in [3.63, 3.8) is 0 Å². The number of hydrogen-bond donors (Lipinski definition) is 1. The lowest BCUT2D eigenvalue weighted by molar-refractivity contribution is -0.120. The third-order valence-corrected chi connectivity index (χ3v) is 5.86. The third-order valence-electron chi connectivity index (χ3n) is 5.86. The summed E-state index contributed by atoms with van der Waals surface area (Å²) in [7, 11) is 1.69. The first-order valence-corrected chi connectivity index (χ1v) is 10.2. The molecular weight excluding hydrogens is 382 g/mol. The average Bonchev–Trinajstić information content (AvgIpc) is 3.40. The minimum atomic E-state index is -0.644. The number of hydrogen-bond acceptors (Lipinski definition) is 5. The number of anilines is 1. The molecule has 2 aliphatic rings. The molecule has 2 aliphatic heterocycles. The van der Waals surface area contributed by atoms with E-state index in [-0.39, 0.29) is 17.8 Å². The van der Waals surface area contributed by atoms with Gasteiger partial charge in [-0.05, 0) is 24.8 Å². The summed E-state index contributed by atoms with van der Waals surface area (Å²) in [4.78, 5) is 31.8. The second-order valence-electron chi connectivity index (χ2n) is 7.74. The lowest BCUT2D eigenvalue weighted by Crippen LogP contribution is -2.47. The van der Waals surface area contributed by atoms with Gasteiger partial charge in [-0.1, -0.05) is 30.3 Å². The van der Waals surface area contributed by atoms with Crippen molar-refractivity contribution in [1.29, 1.82) is 0 Å². The van der Waals surface area contributed by atoms with Crippen molar-refractivity contribution in [3.8, 4) is 0 Å². The van der Waals surface area contributed by atoms with Gasteiger partial charge in [0, 0.05) is 26.1 Å². The number of aryl methyl sites for hydroxylation is 2. The van der Waals surface area contributed by atoms with Crippen LogP contribution < -0.4 is 10.2 Å². The molecule has 0 unspecified atom stereocenters. The van der Waals surface area contributed by atoms with Gasteiger partial charge in [0.1, 0.15) is 17.7 Å². The Hall–Kier alpha value is -3.49. The summed E-state index contributed by atoms with van der Waals surface area (Å²) in [5, 5.41) is 11.6. The number of nitrogens with zero attached hydrogens (tertiary/aromatic N) is 6. The zero-order valence-electron chi connectivity index (χ0n) is 16.7. The van der Waals surface area contributed by atoms with E-state index in [1.54, 1.807) is 24.0 Å². The van der Waals surface area contributed by atoms with E-state index in [4.69, 9.17) is 0 Å². The van der Waals surface area contributed by atoms with Gasteiger partial charge in [-0.15, -0.1) is 5.10 Å². The van der Waals surface area contributed by atoms with E-state index in [0.29, 0.717) is 13.0 Å². The second kappa shape index (κ2) is 7.40. The van der Waals surface area contributed by atoms with Crippen molar-refractivity contribution in [2.75, 3.05) is 11.9 Å². The molecule has 0 spiro atoms. The van der Waals surface area contributed by atoms with Gasteiger partial charge in [-0.3, -0.25) is 14.5 Å². The molecule has 4 heterocycles. The average molecular weight is 405 g/mol. The fourth-order valence-corrected chi connectivity index (χ4v) is 4.29. The first kappa shape index (κ1) is 18.5. The number of nitrogens with one attached hydrogen (secondary N) is 1. The molecule has 0 bridgehead atoms. The molecule has 2 aromatic heterocycles. The first-order chi connectivity index (χ1) is 14.6. The molecule has 9 heteroatoms. The zero-order valence-corrected chi connectivity index (χ0v) is 16.7. The lowest BCUT2D eigenvalue weighted by atomic mass is 9.98. The molecule has 30 heavy (non-hydrogen) atoms. The minimum absolute atomic E-state index is 0.0756. The molecule has 1 N–H and O–H groups in total. The predicted molar refractivity (Wildman–Crippen MR) is 109 cm³/mol. The number of amides is 2. The molecule has 5 rings (SSSR count). The Morgan fingerprint density at radius 1 is 1.17 bits per heavy atom. The Morgan fingerprint density at radius 2 is 2.00 bits per heavy atom. The summed E-state index contributed by atoms with van der Waals surface area (Å²) in [5.41, 5.74) is 1.16. The third kappa shape index (κ3) is 3.16. The number of fused-ring (bicyclic) bond motifs is 2. The van der Waals surface area contributed by atoms with Crippen LogP contribution in [0.4, 0.5) is 5.82 Å². The van der Waals surface area contributed by atoms with E-state index in [1.807, 2.05) is 22.9 Å². The Kier molecular flexibility index (Phi) is 4.57. The van der Waals surface area contributed by atoms with E-state index >= 15 is 0 Å². The summed E-state index contributed by atoms with van der Waals surface area (Å²) in [6.45, 7) is 0.548. The Bertz CT molecular complexity index is 1090. The maximum atomic E-state index is 12.9. The summed E-state index contributed by atoms with van der Waals surface area (Å²) in [6.07, 6.45) is 4.87. The van der Waals surface area contributed by atoms with Crippen molar-refractivity contribution in [1.82, 2.24) is 29.9 Å². The van der Waals surface area contributed by atoms with Crippen LogP contribution in [-0.2, 0) is 17.8 Å². The summed E-state index contributed by atoms with van der Waals surface area (Å²) in [6, 6.07) is 11.4. The highest BCUT2D eigenvalue weighted by Gasteiger charge is 2.32. The van der Waals surface area contributed by atoms with E-state index < -0.39 is 11.9 Å². The predicted octanol–water partition coefficient (Wildman–Crippen LogP) is 1.57.